The quantitative estimate of drug-likeness (QED) is 0.666. The molecule has 0 saturated carbocycles. The molecule has 0 aliphatic carbocycles. The second kappa shape index (κ2) is 7.20. The Labute approximate surface area is 111 Å². The Kier molecular flexibility index (Phi) is 5.90. The number of imidazole rings is 1. The van der Waals surface area contributed by atoms with Crippen molar-refractivity contribution < 1.29 is 0 Å². The molecule has 0 radical (unpaired) electrons. The maximum atomic E-state index is 4.24. The molecule has 0 amide bonds. The molecule has 0 atom stereocenters. The highest BCUT2D eigenvalue weighted by Gasteiger charge is 2.02. The molecule has 1 aromatic rings. The third-order valence-electron chi connectivity index (χ3n) is 2.79. The number of rotatable bonds is 6. The van der Waals surface area contributed by atoms with E-state index in [0.29, 0.717) is 5.92 Å². The van der Waals surface area contributed by atoms with E-state index in [2.05, 4.69) is 56.3 Å². The van der Waals surface area contributed by atoms with Gasteiger partial charge < -0.3 is 4.57 Å². The summed E-state index contributed by atoms with van der Waals surface area (Å²) in [6.07, 6.45) is 10.7. The summed E-state index contributed by atoms with van der Waals surface area (Å²) in [6, 6.07) is 0. The van der Waals surface area contributed by atoms with Gasteiger partial charge in [0, 0.05) is 6.54 Å². The zero-order valence-corrected chi connectivity index (χ0v) is 12.4. The lowest BCUT2D eigenvalue weighted by atomic mass is 10.1. The van der Waals surface area contributed by atoms with E-state index in [4.69, 9.17) is 0 Å². The van der Waals surface area contributed by atoms with Crippen molar-refractivity contribution in [2.75, 3.05) is 0 Å². The van der Waals surface area contributed by atoms with E-state index in [9.17, 15) is 0 Å². The Bertz CT molecular complexity index is 418. The van der Waals surface area contributed by atoms with E-state index in [1.165, 1.54) is 16.8 Å². The maximum absolute atomic E-state index is 4.24. The standard InChI is InChI=1S/C16H26N2/c1-13(2)7-6-8-15(5)9-16-10-17-12-18(16)11-14(3)4/h7,9-10,12,14H,6,8,11H2,1-5H3/b15-9+. The monoisotopic (exact) mass is 246 g/mol. The Hall–Kier alpha value is -1.31. The van der Waals surface area contributed by atoms with E-state index in [-0.39, 0.29) is 0 Å². The molecule has 0 fully saturated rings. The molecule has 100 valence electrons. The van der Waals surface area contributed by atoms with Crippen LogP contribution >= 0.6 is 0 Å². The Morgan fingerprint density at radius 3 is 2.67 bits per heavy atom. The number of aromatic nitrogens is 2. The fourth-order valence-electron chi connectivity index (χ4n) is 1.91. The highest BCUT2D eigenvalue weighted by atomic mass is 15.0. The first kappa shape index (κ1) is 14.7. The average molecular weight is 246 g/mol. The molecule has 0 N–H and O–H groups in total. The molecule has 0 aliphatic heterocycles. The van der Waals surface area contributed by atoms with Gasteiger partial charge in [0.2, 0.25) is 0 Å². The zero-order valence-electron chi connectivity index (χ0n) is 12.4. The summed E-state index contributed by atoms with van der Waals surface area (Å²) in [4.78, 5) is 4.24. The second-order valence-electron chi connectivity index (χ2n) is 5.68. The van der Waals surface area contributed by atoms with Crippen molar-refractivity contribution in [1.29, 1.82) is 0 Å². The lowest BCUT2D eigenvalue weighted by molar-refractivity contribution is 0.520. The molecule has 1 heterocycles. The molecule has 1 rings (SSSR count). The van der Waals surface area contributed by atoms with E-state index >= 15 is 0 Å². The fraction of sp³-hybridized carbons (Fsp3) is 0.562. The third-order valence-corrected chi connectivity index (χ3v) is 2.79. The van der Waals surface area contributed by atoms with Gasteiger partial charge in [0.1, 0.15) is 0 Å². The van der Waals surface area contributed by atoms with Crippen molar-refractivity contribution in [1.82, 2.24) is 9.55 Å². The first-order valence-corrected chi connectivity index (χ1v) is 6.79. The largest absolute Gasteiger partial charge is 0.331 e. The van der Waals surface area contributed by atoms with Crippen molar-refractivity contribution >= 4 is 6.08 Å². The topological polar surface area (TPSA) is 17.8 Å². The molecule has 1 aromatic heterocycles. The van der Waals surface area contributed by atoms with Crippen LogP contribution in [0.15, 0.2) is 29.7 Å². The van der Waals surface area contributed by atoms with Crippen LogP contribution in [0.5, 0.6) is 0 Å². The van der Waals surface area contributed by atoms with Crippen molar-refractivity contribution in [3.8, 4) is 0 Å². The maximum Gasteiger partial charge on any atom is 0.0950 e. The van der Waals surface area contributed by atoms with Gasteiger partial charge in [-0.3, -0.25) is 0 Å². The molecule has 0 saturated heterocycles. The summed E-state index contributed by atoms with van der Waals surface area (Å²) in [6.45, 7) is 12.0. The summed E-state index contributed by atoms with van der Waals surface area (Å²) >= 11 is 0. The van der Waals surface area contributed by atoms with Crippen molar-refractivity contribution in [2.45, 2.75) is 54.0 Å². The highest BCUT2D eigenvalue weighted by molar-refractivity contribution is 5.47. The molecular formula is C16H26N2. The van der Waals surface area contributed by atoms with Crippen LogP contribution < -0.4 is 0 Å². The Morgan fingerprint density at radius 2 is 2.06 bits per heavy atom. The molecule has 0 aromatic carbocycles. The fourth-order valence-corrected chi connectivity index (χ4v) is 1.91. The minimum atomic E-state index is 0.650. The summed E-state index contributed by atoms with van der Waals surface area (Å²) in [5, 5.41) is 0. The van der Waals surface area contributed by atoms with Crippen LogP contribution in [0.2, 0.25) is 0 Å². The van der Waals surface area contributed by atoms with Gasteiger partial charge in [-0.05, 0) is 45.6 Å². The van der Waals surface area contributed by atoms with Crippen LogP contribution in [0, 0.1) is 5.92 Å². The first-order chi connectivity index (χ1) is 8.49. The summed E-state index contributed by atoms with van der Waals surface area (Å²) in [7, 11) is 0. The van der Waals surface area contributed by atoms with Gasteiger partial charge in [-0.25, -0.2) is 4.98 Å². The van der Waals surface area contributed by atoms with Crippen LogP contribution in [0.4, 0.5) is 0 Å². The Morgan fingerprint density at radius 1 is 1.33 bits per heavy atom. The van der Waals surface area contributed by atoms with Gasteiger partial charge in [0.25, 0.3) is 0 Å². The van der Waals surface area contributed by atoms with Gasteiger partial charge in [0.05, 0.1) is 18.2 Å². The SMILES string of the molecule is CC(C)=CCC/C(C)=C/c1cncn1CC(C)C. The molecule has 0 unspecified atom stereocenters. The van der Waals surface area contributed by atoms with Gasteiger partial charge in [0.15, 0.2) is 0 Å². The van der Waals surface area contributed by atoms with Gasteiger partial charge in [-0.1, -0.05) is 31.1 Å². The second-order valence-corrected chi connectivity index (χ2v) is 5.68. The van der Waals surface area contributed by atoms with E-state index in [1.807, 2.05) is 12.5 Å². The molecular weight excluding hydrogens is 220 g/mol. The van der Waals surface area contributed by atoms with Crippen LogP contribution in [0.25, 0.3) is 6.08 Å². The molecule has 0 aliphatic rings. The zero-order chi connectivity index (χ0) is 13.5. The molecule has 2 nitrogen and oxygen atoms in total. The van der Waals surface area contributed by atoms with E-state index < -0.39 is 0 Å². The summed E-state index contributed by atoms with van der Waals surface area (Å²) < 4.78 is 2.23. The number of allylic oxidation sites excluding steroid dienone is 3. The smallest absolute Gasteiger partial charge is 0.0950 e. The van der Waals surface area contributed by atoms with Crippen molar-refractivity contribution in [3.05, 3.63) is 35.4 Å². The minimum absolute atomic E-state index is 0.650. The van der Waals surface area contributed by atoms with Crippen LogP contribution in [0.1, 0.15) is 53.2 Å². The Balaban J connectivity index is 2.64. The van der Waals surface area contributed by atoms with E-state index in [0.717, 1.165) is 19.4 Å². The summed E-state index contributed by atoms with van der Waals surface area (Å²) in [5.74, 6) is 0.650. The lowest BCUT2D eigenvalue weighted by Gasteiger charge is -2.08. The van der Waals surface area contributed by atoms with Crippen LogP contribution in [-0.4, -0.2) is 9.55 Å². The first-order valence-electron chi connectivity index (χ1n) is 6.79. The third kappa shape index (κ3) is 5.35. The van der Waals surface area contributed by atoms with Crippen molar-refractivity contribution in [2.24, 2.45) is 5.92 Å². The molecule has 0 spiro atoms. The van der Waals surface area contributed by atoms with Crippen molar-refractivity contribution in [3.63, 3.8) is 0 Å². The average Bonchev–Trinajstić information content (AvgIpc) is 2.64. The van der Waals surface area contributed by atoms with Crippen LogP contribution in [0.3, 0.4) is 0 Å². The highest BCUT2D eigenvalue weighted by Crippen LogP contribution is 2.13. The lowest BCUT2D eigenvalue weighted by Crippen LogP contribution is -2.04. The van der Waals surface area contributed by atoms with E-state index in [1.54, 1.807) is 0 Å². The van der Waals surface area contributed by atoms with Crippen LogP contribution in [-0.2, 0) is 6.54 Å². The van der Waals surface area contributed by atoms with Gasteiger partial charge >= 0.3 is 0 Å². The van der Waals surface area contributed by atoms with Gasteiger partial charge in [-0.15, -0.1) is 0 Å². The number of hydrogen-bond acceptors (Lipinski definition) is 1. The predicted octanol–water partition coefficient (Wildman–Crippen LogP) is 4.69. The number of hydrogen-bond donors (Lipinski definition) is 0. The number of nitrogens with zero attached hydrogens (tertiary/aromatic N) is 2. The predicted molar refractivity (Wildman–Crippen MR) is 79.4 cm³/mol. The molecule has 18 heavy (non-hydrogen) atoms. The van der Waals surface area contributed by atoms with Gasteiger partial charge in [-0.2, -0.15) is 0 Å². The summed E-state index contributed by atoms with van der Waals surface area (Å²) in [5.41, 5.74) is 4.03. The minimum Gasteiger partial charge on any atom is -0.331 e. The molecule has 2 heteroatoms. The molecule has 0 bridgehead atoms. The normalized spacial score (nSPS) is 12.0.